The van der Waals surface area contributed by atoms with Crippen molar-refractivity contribution in [3.8, 4) is 29.2 Å². The van der Waals surface area contributed by atoms with Crippen molar-refractivity contribution in [1.29, 1.82) is 0 Å². The first-order valence-electron chi connectivity index (χ1n) is 9.77. The summed E-state index contributed by atoms with van der Waals surface area (Å²) in [5, 5.41) is 0. The summed E-state index contributed by atoms with van der Waals surface area (Å²) in [7, 11) is 0. The van der Waals surface area contributed by atoms with E-state index in [0.717, 1.165) is 33.5 Å². The van der Waals surface area contributed by atoms with Gasteiger partial charge in [-0.1, -0.05) is 30.2 Å². The summed E-state index contributed by atoms with van der Waals surface area (Å²) in [4.78, 5) is 22.4. The molecule has 0 saturated carbocycles. The van der Waals surface area contributed by atoms with Crippen LogP contribution in [0.15, 0.2) is 67.0 Å². The number of nitrogens with zero attached hydrogens (tertiary/aromatic N) is 2. The number of terminal acetylenes is 1. The van der Waals surface area contributed by atoms with E-state index in [0.29, 0.717) is 30.8 Å². The van der Waals surface area contributed by atoms with Gasteiger partial charge in [-0.25, -0.2) is 4.98 Å². The van der Waals surface area contributed by atoms with Crippen LogP contribution in [-0.4, -0.2) is 33.9 Å². The van der Waals surface area contributed by atoms with E-state index in [-0.39, 0.29) is 5.91 Å². The van der Waals surface area contributed by atoms with Gasteiger partial charge in [0.1, 0.15) is 12.4 Å². The minimum Gasteiger partial charge on any atom is -0.491 e. The molecule has 146 valence electrons. The third kappa shape index (κ3) is 3.19. The second kappa shape index (κ2) is 7.41. The van der Waals surface area contributed by atoms with E-state index in [9.17, 15) is 4.79 Å². The van der Waals surface area contributed by atoms with Crippen molar-refractivity contribution in [3.05, 3.63) is 83.7 Å². The van der Waals surface area contributed by atoms with E-state index in [2.05, 4.69) is 34.1 Å². The molecule has 0 spiro atoms. The fourth-order valence-electron chi connectivity index (χ4n) is 3.83. The Labute approximate surface area is 174 Å². The molecule has 0 aliphatic carbocycles. The number of carbonyl (C=O) groups excluding carboxylic acids is 1. The molecule has 1 amide bonds. The predicted molar refractivity (Wildman–Crippen MR) is 116 cm³/mol. The first-order valence-corrected chi connectivity index (χ1v) is 9.77. The fraction of sp³-hybridized carbons (Fsp3) is 0.120. The van der Waals surface area contributed by atoms with Crippen LogP contribution in [0.1, 0.15) is 21.5 Å². The second-order valence-corrected chi connectivity index (χ2v) is 7.22. The predicted octanol–water partition coefficient (Wildman–Crippen LogP) is 4.25. The van der Waals surface area contributed by atoms with Crippen molar-refractivity contribution in [2.45, 2.75) is 6.54 Å². The van der Waals surface area contributed by atoms with Gasteiger partial charge >= 0.3 is 0 Å². The first kappa shape index (κ1) is 18.0. The third-order valence-electron chi connectivity index (χ3n) is 5.39. The first-order chi connectivity index (χ1) is 14.7. The van der Waals surface area contributed by atoms with Gasteiger partial charge in [-0.2, -0.15) is 0 Å². The van der Waals surface area contributed by atoms with Crippen LogP contribution < -0.4 is 4.74 Å². The number of ether oxygens (including phenoxy) is 1. The van der Waals surface area contributed by atoms with Gasteiger partial charge in [-0.15, -0.1) is 6.42 Å². The average molecular weight is 393 g/mol. The molecule has 1 N–H and O–H groups in total. The van der Waals surface area contributed by atoms with E-state index in [4.69, 9.17) is 11.2 Å². The van der Waals surface area contributed by atoms with Gasteiger partial charge in [0.05, 0.1) is 29.5 Å². The number of aromatic nitrogens is 2. The monoisotopic (exact) mass is 393 g/mol. The Morgan fingerprint density at radius 2 is 1.93 bits per heavy atom. The van der Waals surface area contributed by atoms with Crippen LogP contribution in [0.4, 0.5) is 0 Å². The maximum Gasteiger partial charge on any atom is 0.255 e. The summed E-state index contributed by atoms with van der Waals surface area (Å²) in [6.07, 6.45) is 7.28. The maximum absolute atomic E-state index is 13.2. The van der Waals surface area contributed by atoms with Crippen molar-refractivity contribution >= 4 is 16.9 Å². The topological polar surface area (TPSA) is 58.2 Å². The number of H-pyrrole nitrogens is 1. The number of imidazole rings is 1. The molecule has 0 unspecified atom stereocenters. The Bertz CT molecular complexity index is 1300. The van der Waals surface area contributed by atoms with Gasteiger partial charge in [-0.05, 0) is 47.5 Å². The maximum atomic E-state index is 13.2. The van der Waals surface area contributed by atoms with Crippen LogP contribution in [0.3, 0.4) is 0 Å². The number of nitrogens with one attached hydrogen (secondary N) is 1. The van der Waals surface area contributed by atoms with E-state index in [1.807, 2.05) is 30.3 Å². The Morgan fingerprint density at radius 1 is 1.10 bits per heavy atom. The lowest BCUT2D eigenvalue weighted by atomic mass is 10.0. The molecule has 5 heteroatoms. The van der Waals surface area contributed by atoms with Gasteiger partial charge in [0, 0.05) is 17.7 Å². The van der Waals surface area contributed by atoms with Crippen molar-refractivity contribution in [1.82, 2.24) is 14.9 Å². The molecule has 0 fully saturated rings. The molecular formula is C25H19N3O2. The SMILES string of the molecule is C#Cc1ccccc1C(=O)N1CCOc2ccc(-c3ccc4nc[nH]c4c3)cc2C1. The van der Waals surface area contributed by atoms with Crippen LogP contribution in [-0.2, 0) is 6.54 Å². The molecule has 1 aromatic heterocycles. The highest BCUT2D eigenvalue weighted by molar-refractivity contribution is 5.96. The van der Waals surface area contributed by atoms with Crippen LogP contribution in [0.5, 0.6) is 5.75 Å². The van der Waals surface area contributed by atoms with Crippen molar-refractivity contribution in [2.75, 3.05) is 13.2 Å². The summed E-state index contributed by atoms with van der Waals surface area (Å²) in [5.74, 6) is 3.33. The summed E-state index contributed by atoms with van der Waals surface area (Å²) in [6.45, 7) is 1.41. The molecule has 0 bridgehead atoms. The Morgan fingerprint density at radius 3 is 2.83 bits per heavy atom. The zero-order valence-electron chi connectivity index (χ0n) is 16.3. The largest absolute Gasteiger partial charge is 0.491 e. The van der Waals surface area contributed by atoms with Gasteiger partial charge in [-0.3, -0.25) is 4.79 Å². The fourth-order valence-corrected chi connectivity index (χ4v) is 3.83. The van der Waals surface area contributed by atoms with Crippen molar-refractivity contribution in [2.24, 2.45) is 0 Å². The number of carbonyl (C=O) groups is 1. The molecule has 1 aliphatic rings. The van der Waals surface area contributed by atoms with E-state index < -0.39 is 0 Å². The summed E-state index contributed by atoms with van der Waals surface area (Å²) >= 11 is 0. The summed E-state index contributed by atoms with van der Waals surface area (Å²) in [6, 6.07) is 19.5. The molecule has 30 heavy (non-hydrogen) atoms. The molecule has 1 aliphatic heterocycles. The number of fused-ring (bicyclic) bond motifs is 2. The van der Waals surface area contributed by atoms with Gasteiger partial charge in [0.25, 0.3) is 5.91 Å². The Hall–Kier alpha value is -4.04. The zero-order chi connectivity index (χ0) is 20.5. The second-order valence-electron chi connectivity index (χ2n) is 7.22. The van der Waals surface area contributed by atoms with Crippen LogP contribution in [0.2, 0.25) is 0 Å². The molecular weight excluding hydrogens is 374 g/mol. The molecule has 0 atom stereocenters. The quantitative estimate of drug-likeness (QED) is 0.518. The minimum absolute atomic E-state index is 0.0794. The molecule has 3 aromatic carbocycles. The molecule has 5 nitrogen and oxygen atoms in total. The van der Waals surface area contributed by atoms with Crippen molar-refractivity contribution in [3.63, 3.8) is 0 Å². The number of benzene rings is 3. The zero-order valence-corrected chi connectivity index (χ0v) is 16.3. The highest BCUT2D eigenvalue weighted by Crippen LogP contribution is 2.31. The standard InChI is InChI=1S/C25H19N3O2/c1-2-17-5-3-4-6-21(17)25(29)28-11-12-30-24-10-8-18(13-20(24)15-28)19-7-9-22-23(14-19)27-16-26-22/h1,3-10,13-14,16H,11-12,15H2,(H,26,27). The molecule has 5 rings (SSSR count). The molecule has 0 saturated heterocycles. The van der Waals surface area contributed by atoms with Crippen LogP contribution >= 0.6 is 0 Å². The van der Waals surface area contributed by atoms with E-state index in [1.54, 1.807) is 23.4 Å². The molecule has 0 radical (unpaired) electrons. The lowest BCUT2D eigenvalue weighted by Crippen LogP contribution is -2.32. The Balaban J connectivity index is 1.48. The minimum atomic E-state index is -0.0794. The normalized spacial score (nSPS) is 13.2. The van der Waals surface area contributed by atoms with Gasteiger partial charge < -0.3 is 14.6 Å². The smallest absolute Gasteiger partial charge is 0.255 e. The number of rotatable bonds is 2. The highest BCUT2D eigenvalue weighted by atomic mass is 16.5. The lowest BCUT2D eigenvalue weighted by molar-refractivity contribution is 0.0733. The summed E-state index contributed by atoms with van der Waals surface area (Å²) < 4.78 is 5.92. The van der Waals surface area contributed by atoms with E-state index in [1.165, 1.54) is 0 Å². The molecule has 4 aromatic rings. The highest BCUT2D eigenvalue weighted by Gasteiger charge is 2.23. The van der Waals surface area contributed by atoms with Crippen molar-refractivity contribution < 1.29 is 9.53 Å². The lowest BCUT2D eigenvalue weighted by Gasteiger charge is -2.21. The number of hydrogen-bond donors (Lipinski definition) is 1. The molecule has 2 heterocycles. The third-order valence-corrected chi connectivity index (χ3v) is 5.39. The van der Waals surface area contributed by atoms with Gasteiger partial charge in [0.2, 0.25) is 0 Å². The number of aromatic amines is 1. The van der Waals surface area contributed by atoms with Crippen LogP contribution in [0.25, 0.3) is 22.2 Å². The van der Waals surface area contributed by atoms with Crippen LogP contribution in [0, 0.1) is 12.3 Å². The summed E-state index contributed by atoms with van der Waals surface area (Å²) in [5.41, 5.74) is 6.18. The van der Waals surface area contributed by atoms with Gasteiger partial charge in [0.15, 0.2) is 0 Å². The average Bonchev–Trinajstić information content (AvgIpc) is 3.16. The number of amides is 1. The Kier molecular flexibility index (Phi) is 4.45. The number of hydrogen-bond acceptors (Lipinski definition) is 3. The van der Waals surface area contributed by atoms with E-state index >= 15 is 0 Å².